The van der Waals surface area contributed by atoms with E-state index in [0.29, 0.717) is 18.5 Å². The molecule has 0 aromatic heterocycles. The number of hydrogen-bond donors (Lipinski definition) is 1. The highest BCUT2D eigenvalue weighted by Gasteiger charge is 2.54. The van der Waals surface area contributed by atoms with E-state index >= 15 is 0 Å². The fourth-order valence-corrected chi connectivity index (χ4v) is 5.24. The maximum atomic E-state index is 12.9. The number of methoxy groups -OCH3 is 1. The largest absolute Gasteiger partial charge is 0.497 e. The lowest BCUT2D eigenvalue weighted by molar-refractivity contribution is -0.137. The molecule has 6 nitrogen and oxygen atoms in total. The summed E-state index contributed by atoms with van der Waals surface area (Å²) in [5.74, 6) is 1.37. The van der Waals surface area contributed by atoms with Crippen LogP contribution in [-0.4, -0.2) is 60.4 Å². The fraction of sp³-hybridized carbons (Fsp3) is 0.600. The maximum Gasteiger partial charge on any atom is 0.223 e. The van der Waals surface area contributed by atoms with Gasteiger partial charge in [-0.2, -0.15) is 0 Å². The van der Waals surface area contributed by atoms with Crippen LogP contribution in [0.25, 0.3) is 0 Å². The van der Waals surface area contributed by atoms with Crippen molar-refractivity contribution in [1.29, 1.82) is 0 Å². The summed E-state index contributed by atoms with van der Waals surface area (Å²) in [7, 11) is 1.68. The van der Waals surface area contributed by atoms with Crippen molar-refractivity contribution < 1.29 is 14.3 Å². The van der Waals surface area contributed by atoms with Crippen LogP contribution >= 0.6 is 0 Å². The molecule has 0 saturated carbocycles. The van der Waals surface area contributed by atoms with E-state index in [1.165, 1.54) is 5.56 Å². The fourth-order valence-electron chi connectivity index (χ4n) is 5.24. The number of fused-ring (bicyclic) bond motifs is 2. The number of piperidine rings is 3. The maximum absolute atomic E-state index is 12.9. The third-order valence-corrected chi connectivity index (χ3v) is 6.42. The third-order valence-electron chi connectivity index (χ3n) is 6.42. The van der Waals surface area contributed by atoms with Gasteiger partial charge in [0, 0.05) is 31.3 Å². The second kappa shape index (κ2) is 6.91. The normalized spacial score (nSPS) is 32.3. The predicted octanol–water partition coefficient (Wildman–Crippen LogP) is 1.35. The van der Waals surface area contributed by atoms with Crippen LogP contribution < -0.4 is 10.5 Å². The highest BCUT2D eigenvalue weighted by atomic mass is 16.5. The molecule has 3 atom stereocenters. The molecule has 140 valence electrons. The van der Waals surface area contributed by atoms with Crippen molar-refractivity contribution in [2.45, 2.75) is 43.7 Å². The number of amides is 2. The molecule has 0 unspecified atom stereocenters. The van der Waals surface area contributed by atoms with Gasteiger partial charge in [0.1, 0.15) is 5.75 Å². The lowest BCUT2D eigenvalue weighted by Crippen LogP contribution is -2.60. The monoisotopic (exact) mass is 357 g/mol. The molecule has 1 aromatic rings. The SMILES string of the molecule is COc1cccc([C@@H]2CN(C(=O)CCC(N)=O)[C@@H]3C4CCN(CC4)[C@@H]32)c1. The Bertz CT molecular complexity index is 699. The number of benzene rings is 1. The van der Waals surface area contributed by atoms with Gasteiger partial charge in [-0.25, -0.2) is 0 Å². The Morgan fingerprint density at radius 3 is 2.65 bits per heavy atom. The second-order valence-electron chi connectivity index (χ2n) is 7.75. The molecule has 26 heavy (non-hydrogen) atoms. The van der Waals surface area contributed by atoms with Crippen LogP contribution in [0.4, 0.5) is 0 Å². The average molecular weight is 357 g/mol. The zero-order valence-electron chi connectivity index (χ0n) is 15.3. The summed E-state index contributed by atoms with van der Waals surface area (Å²) < 4.78 is 5.41. The average Bonchev–Trinajstić information content (AvgIpc) is 3.10. The van der Waals surface area contributed by atoms with Crippen LogP contribution in [0.1, 0.15) is 37.2 Å². The van der Waals surface area contributed by atoms with E-state index in [4.69, 9.17) is 10.5 Å². The second-order valence-corrected chi connectivity index (χ2v) is 7.75. The van der Waals surface area contributed by atoms with Gasteiger partial charge in [-0.15, -0.1) is 0 Å². The van der Waals surface area contributed by atoms with E-state index in [0.717, 1.165) is 31.7 Å². The Kier molecular flexibility index (Phi) is 4.61. The summed E-state index contributed by atoms with van der Waals surface area (Å²) >= 11 is 0. The zero-order chi connectivity index (χ0) is 18.3. The minimum absolute atomic E-state index is 0.0675. The third kappa shape index (κ3) is 2.96. The molecular formula is C20H27N3O3. The number of primary amides is 1. The number of hydrogen-bond acceptors (Lipinski definition) is 4. The molecule has 4 aliphatic heterocycles. The Morgan fingerprint density at radius 1 is 1.19 bits per heavy atom. The van der Waals surface area contributed by atoms with Crippen molar-refractivity contribution in [2.75, 3.05) is 26.7 Å². The van der Waals surface area contributed by atoms with Crippen LogP contribution in [0.15, 0.2) is 24.3 Å². The smallest absolute Gasteiger partial charge is 0.223 e. The molecule has 2 amide bonds. The van der Waals surface area contributed by atoms with Gasteiger partial charge < -0.3 is 15.4 Å². The first-order valence-electron chi connectivity index (χ1n) is 9.54. The molecule has 4 fully saturated rings. The summed E-state index contributed by atoms with van der Waals surface area (Å²) in [6.07, 6.45) is 2.66. The van der Waals surface area contributed by atoms with E-state index in [-0.39, 0.29) is 30.7 Å². The van der Waals surface area contributed by atoms with Gasteiger partial charge in [0.25, 0.3) is 0 Å². The molecule has 2 bridgehead atoms. The van der Waals surface area contributed by atoms with Gasteiger partial charge in [0.05, 0.1) is 13.2 Å². The lowest BCUT2D eigenvalue weighted by Gasteiger charge is -2.51. The molecule has 4 saturated heterocycles. The van der Waals surface area contributed by atoms with Gasteiger partial charge in [0.2, 0.25) is 11.8 Å². The van der Waals surface area contributed by atoms with Gasteiger partial charge in [-0.05, 0) is 49.5 Å². The van der Waals surface area contributed by atoms with Crippen LogP contribution in [-0.2, 0) is 9.59 Å². The van der Waals surface area contributed by atoms with Crippen LogP contribution in [0.2, 0.25) is 0 Å². The standard InChI is InChI=1S/C20H27N3O3/c1-26-15-4-2-3-14(11-15)16-12-23(18(25)6-5-17(21)24)19-13-7-9-22(10-8-13)20(16)19/h2-4,11,13,16,19-20H,5-10,12H2,1H3,(H2,21,24)/t16-,19+,20+/m0/s1. The summed E-state index contributed by atoms with van der Waals surface area (Å²) in [4.78, 5) is 28.6. The van der Waals surface area contributed by atoms with E-state index in [1.807, 2.05) is 17.0 Å². The summed E-state index contributed by atoms with van der Waals surface area (Å²) in [5, 5.41) is 0. The summed E-state index contributed by atoms with van der Waals surface area (Å²) in [5.41, 5.74) is 6.48. The summed E-state index contributed by atoms with van der Waals surface area (Å²) in [6.45, 7) is 2.96. The van der Waals surface area contributed by atoms with E-state index in [2.05, 4.69) is 17.0 Å². The topological polar surface area (TPSA) is 75.9 Å². The lowest BCUT2D eigenvalue weighted by atomic mass is 9.75. The van der Waals surface area contributed by atoms with Crippen molar-refractivity contribution in [1.82, 2.24) is 9.80 Å². The first kappa shape index (κ1) is 17.3. The Labute approximate surface area is 154 Å². The minimum Gasteiger partial charge on any atom is -0.497 e. The van der Waals surface area contributed by atoms with E-state index < -0.39 is 5.91 Å². The van der Waals surface area contributed by atoms with Crippen molar-refractivity contribution in [3.63, 3.8) is 0 Å². The molecule has 2 N–H and O–H groups in total. The number of carbonyl (C=O) groups is 2. The first-order valence-corrected chi connectivity index (χ1v) is 9.54. The molecule has 4 aliphatic rings. The number of rotatable bonds is 5. The van der Waals surface area contributed by atoms with Gasteiger partial charge in [-0.1, -0.05) is 12.1 Å². The number of likely N-dealkylation sites (tertiary alicyclic amines) is 1. The molecule has 0 spiro atoms. The molecule has 0 radical (unpaired) electrons. The van der Waals surface area contributed by atoms with Crippen molar-refractivity contribution in [3.05, 3.63) is 29.8 Å². The minimum atomic E-state index is -0.410. The molecule has 6 heteroatoms. The van der Waals surface area contributed by atoms with E-state index in [9.17, 15) is 9.59 Å². The molecule has 0 aliphatic carbocycles. The molecule has 1 aromatic carbocycles. The highest BCUT2D eigenvalue weighted by Crippen LogP contribution is 2.47. The van der Waals surface area contributed by atoms with Crippen LogP contribution in [0.5, 0.6) is 5.75 Å². The number of carbonyl (C=O) groups excluding carboxylic acids is 2. The number of ether oxygens (including phenoxy) is 1. The predicted molar refractivity (Wildman–Crippen MR) is 97.7 cm³/mol. The Morgan fingerprint density at radius 2 is 1.96 bits per heavy atom. The van der Waals surface area contributed by atoms with Crippen LogP contribution in [0, 0.1) is 5.92 Å². The number of nitrogens with zero attached hydrogens (tertiary/aromatic N) is 2. The highest BCUT2D eigenvalue weighted by molar-refractivity contribution is 5.83. The van der Waals surface area contributed by atoms with Crippen molar-refractivity contribution >= 4 is 11.8 Å². The van der Waals surface area contributed by atoms with Crippen molar-refractivity contribution in [3.8, 4) is 5.75 Å². The Hall–Kier alpha value is -2.08. The summed E-state index contributed by atoms with van der Waals surface area (Å²) in [6, 6.07) is 8.85. The van der Waals surface area contributed by atoms with E-state index in [1.54, 1.807) is 7.11 Å². The van der Waals surface area contributed by atoms with Gasteiger partial charge in [-0.3, -0.25) is 14.5 Å². The molecule has 5 rings (SSSR count). The zero-order valence-corrected chi connectivity index (χ0v) is 15.3. The van der Waals surface area contributed by atoms with Gasteiger partial charge in [0.15, 0.2) is 0 Å². The quantitative estimate of drug-likeness (QED) is 0.863. The molecular weight excluding hydrogens is 330 g/mol. The molecule has 4 heterocycles. The van der Waals surface area contributed by atoms with Crippen molar-refractivity contribution in [2.24, 2.45) is 11.7 Å². The first-order chi connectivity index (χ1) is 12.6. The number of nitrogens with two attached hydrogens (primary N) is 1. The van der Waals surface area contributed by atoms with Crippen LogP contribution in [0.3, 0.4) is 0 Å². The Balaban J connectivity index is 1.63. The van der Waals surface area contributed by atoms with Gasteiger partial charge >= 0.3 is 0 Å².